The van der Waals surface area contributed by atoms with E-state index in [2.05, 4.69) is 22.7 Å². The SMILES string of the molecule is NC1(c2ccc(C3=C(c4ccccc4)OC4=NNC5=CCC=CC54C3=O)cc2)CCC1. The molecule has 0 bridgehead atoms. The summed E-state index contributed by atoms with van der Waals surface area (Å²) in [5.41, 5.74) is 12.4. The molecule has 2 aliphatic carbocycles. The molecule has 1 spiro atoms. The number of Topliss-reactive ketones (excluding diaryl/α,β-unsaturated/α-hetero) is 1. The van der Waals surface area contributed by atoms with E-state index in [1.807, 2.05) is 60.7 Å². The third kappa shape index (κ3) is 2.53. The second-order valence-corrected chi connectivity index (χ2v) is 8.68. The lowest BCUT2D eigenvalue weighted by Crippen LogP contribution is -2.44. The van der Waals surface area contributed by atoms with Gasteiger partial charge in [-0.15, -0.1) is 5.10 Å². The summed E-state index contributed by atoms with van der Waals surface area (Å²) in [7, 11) is 0. The number of hydrogen-bond donors (Lipinski definition) is 2. The van der Waals surface area contributed by atoms with E-state index in [0.29, 0.717) is 17.2 Å². The van der Waals surface area contributed by atoms with E-state index in [9.17, 15) is 4.79 Å². The van der Waals surface area contributed by atoms with Gasteiger partial charge in [0.05, 0.1) is 11.3 Å². The number of nitrogens with two attached hydrogens (primary N) is 1. The Morgan fingerprint density at radius 2 is 1.77 bits per heavy atom. The fourth-order valence-corrected chi connectivity index (χ4v) is 4.92. The van der Waals surface area contributed by atoms with Crippen molar-refractivity contribution in [2.24, 2.45) is 16.3 Å². The first-order valence-electron chi connectivity index (χ1n) is 10.8. The van der Waals surface area contributed by atoms with Crippen LogP contribution in [0.3, 0.4) is 0 Å². The molecule has 154 valence electrons. The molecule has 1 atom stereocenters. The number of allylic oxidation sites excluding steroid dienone is 3. The maximum absolute atomic E-state index is 14.1. The number of hydrazone groups is 1. The minimum Gasteiger partial charge on any atom is -0.438 e. The van der Waals surface area contributed by atoms with Gasteiger partial charge in [-0.05, 0) is 36.8 Å². The first-order valence-corrected chi connectivity index (χ1v) is 10.8. The molecule has 0 saturated heterocycles. The van der Waals surface area contributed by atoms with Gasteiger partial charge >= 0.3 is 0 Å². The molecule has 2 aromatic carbocycles. The lowest BCUT2D eigenvalue weighted by atomic mass is 9.70. The Kier molecular flexibility index (Phi) is 3.86. The standard InChI is InChI=1S/C26H23N3O2/c27-25(14-6-15-25)19-12-10-17(11-13-19)21-22(18-7-2-1-3-8-18)31-24-26(23(21)30)16-5-4-9-20(26)28-29-24/h1-3,5,7-13,16,28H,4,6,14-15,27H2. The highest BCUT2D eigenvalue weighted by atomic mass is 16.5. The van der Waals surface area contributed by atoms with Gasteiger partial charge in [0.15, 0.2) is 11.2 Å². The van der Waals surface area contributed by atoms with Gasteiger partial charge in [-0.3, -0.25) is 10.2 Å². The molecule has 1 unspecified atom stereocenters. The van der Waals surface area contributed by atoms with Crippen molar-refractivity contribution in [3.63, 3.8) is 0 Å². The zero-order valence-corrected chi connectivity index (χ0v) is 17.1. The van der Waals surface area contributed by atoms with Crippen LogP contribution < -0.4 is 11.2 Å². The number of benzene rings is 2. The van der Waals surface area contributed by atoms with E-state index in [1.54, 1.807) is 0 Å². The van der Waals surface area contributed by atoms with E-state index in [-0.39, 0.29) is 11.3 Å². The number of nitrogens with one attached hydrogen (secondary N) is 1. The molecule has 2 heterocycles. The second kappa shape index (κ2) is 6.53. The normalized spacial score (nSPS) is 25.5. The average Bonchev–Trinajstić information content (AvgIpc) is 3.18. The van der Waals surface area contributed by atoms with Crippen LogP contribution >= 0.6 is 0 Å². The van der Waals surface area contributed by atoms with Crippen molar-refractivity contribution >= 4 is 23.0 Å². The Bertz CT molecular complexity index is 1200. The van der Waals surface area contributed by atoms with Crippen LogP contribution in [-0.4, -0.2) is 11.7 Å². The highest BCUT2D eigenvalue weighted by Crippen LogP contribution is 2.49. The lowest BCUT2D eigenvalue weighted by molar-refractivity contribution is -0.117. The Morgan fingerprint density at radius 3 is 2.48 bits per heavy atom. The van der Waals surface area contributed by atoms with Crippen molar-refractivity contribution < 1.29 is 9.53 Å². The molecule has 0 radical (unpaired) electrons. The van der Waals surface area contributed by atoms with Crippen LogP contribution in [0.2, 0.25) is 0 Å². The van der Waals surface area contributed by atoms with E-state index in [0.717, 1.165) is 48.1 Å². The number of ether oxygens (including phenoxy) is 1. The molecule has 5 nitrogen and oxygen atoms in total. The van der Waals surface area contributed by atoms with Gasteiger partial charge in [0.2, 0.25) is 5.90 Å². The molecule has 2 aromatic rings. The largest absolute Gasteiger partial charge is 0.438 e. The highest BCUT2D eigenvalue weighted by Gasteiger charge is 2.56. The molecule has 6 rings (SSSR count). The van der Waals surface area contributed by atoms with Gasteiger partial charge in [0, 0.05) is 11.1 Å². The fourth-order valence-electron chi connectivity index (χ4n) is 4.92. The molecule has 4 aliphatic rings. The minimum atomic E-state index is -1.01. The van der Waals surface area contributed by atoms with Crippen molar-refractivity contribution in [1.82, 2.24) is 5.43 Å². The number of rotatable bonds is 3. The monoisotopic (exact) mass is 409 g/mol. The molecule has 0 aromatic heterocycles. The van der Waals surface area contributed by atoms with Crippen molar-refractivity contribution in [2.45, 2.75) is 31.2 Å². The summed E-state index contributed by atoms with van der Waals surface area (Å²) >= 11 is 0. The number of hydrogen-bond acceptors (Lipinski definition) is 5. The Labute approximate surface area is 181 Å². The number of carbonyl (C=O) groups excluding carboxylic acids is 1. The van der Waals surface area contributed by atoms with Gasteiger partial charge in [-0.25, -0.2) is 0 Å². The zero-order valence-electron chi connectivity index (χ0n) is 17.1. The quantitative estimate of drug-likeness (QED) is 0.744. The van der Waals surface area contributed by atoms with Gasteiger partial charge in [0.25, 0.3) is 0 Å². The predicted octanol–water partition coefficient (Wildman–Crippen LogP) is 4.24. The maximum atomic E-state index is 14.1. The molecule has 0 amide bonds. The molecule has 5 heteroatoms. The summed E-state index contributed by atoms with van der Waals surface area (Å²) in [6.45, 7) is 0. The predicted molar refractivity (Wildman–Crippen MR) is 120 cm³/mol. The summed E-state index contributed by atoms with van der Waals surface area (Å²) in [5.74, 6) is 0.896. The minimum absolute atomic E-state index is 0.0255. The van der Waals surface area contributed by atoms with Crippen LogP contribution in [-0.2, 0) is 15.1 Å². The van der Waals surface area contributed by atoms with Crippen molar-refractivity contribution in [3.05, 3.63) is 95.2 Å². The Morgan fingerprint density at radius 1 is 1.00 bits per heavy atom. The molecule has 1 fully saturated rings. The summed E-state index contributed by atoms with van der Waals surface area (Å²) in [6, 6.07) is 17.8. The number of nitrogens with zero attached hydrogens (tertiary/aromatic N) is 1. The molecular formula is C26H23N3O2. The Hall–Kier alpha value is -3.44. The van der Waals surface area contributed by atoms with E-state index >= 15 is 0 Å². The molecule has 31 heavy (non-hydrogen) atoms. The van der Waals surface area contributed by atoms with Crippen molar-refractivity contribution in [3.8, 4) is 0 Å². The van der Waals surface area contributed by atoms with Gasteiger partial charge in [-0.1, -0.05) is 72.8 Å². The van der Waals surface area contributed by atoms with Crippen LogP contribution in [0.1, 0.15) is 42.4 Å². The van der Waals surface area contributed by atoms with Crippen LogP contribution in [0, 0.1) is 5.41 Å². The van der Waals surface area contributed by atoms with Gasteiger partial charge in [-0.2, -0.15) is 0 Å². The van der Waals surface area contributed by atoms with E-state index in [4.69, 9.17) is 10.5 Å². The molecule has 1 saturated carbocycles. The summed E-state index contributed by atoms with van der Waals surface area (Å²) in [4.78, 5) is 14.1. The number of carbonyl (C=O) groups is 1. The van der Waals surface area contributed by atoms with Crippen LogP contribution in [0.15, 0.2) is 83.6 Å². The van der Waals surface area contributed by atoms with Crippen LogP contribution in [0.5, 0.6) is 0 Å². The topological polar surface area (TPSA) is 76.7 Å². The first-order chi connectivity index (χ1) is 15.1. The molecular weight excluding hydrogens is 386 g/mol. The smallest absolute Gasteiger partial charge is 0.236 e. The van der Waals surface area contributed by atoms with Crippen LogP contribution in [0.25, 0.3) is 11.3 Å². The summed E-state index contributed by atoms with van der Waals surface area (Å²) in [6.07, 6.45) is 9.84. The highest BCUT2D eigenvalue weighted by molar-refractivity contribution is 6.39. The molecule has 2 aliphatic heterocycles. The third-order valence-electron chi connectivity index (χ3n) is 6.91. The summed E-state index contributed by atoms with van der Waals surface area (Å²) < 4.78 is 6.35. The fraction of sp³-hybridized carbons (Fsp3) is 0.231. The van der Waals surface area contributed by atoms with E-state index < -0.39 is 5.41 Å². The molecule has 3 N–H and O–H groups in total. The maximum Gasteiger partial charge on any atom is 0.236 e. The van der Waals surface area contributed by atoms with Crippen molar-refractivity contribution in [2.75, 3.05) is 0 Å². The second-order valence-electron chi connectivity index (χ2n) is 8.68. The first kappa shape index (κ1) is 18.3. The number of ketones is 1. The summed E-state index contributed by atoms with van der Waals surface area (Å²) in [5, 5.41) is 4.37. The van der Waals surface area contributed by atoms with Gasteiger partial charge < -0.3 is 10.5 Å². The van der Waals surface area contributed by atoms with Gasteiger partial charge in [0.1, 0.15) is 5.76 Å². The average molecular weight is 409 g/mol. The van der Waals surface area contributed by atoms with E-state index in [1.165, 1.54) is 0 Å². The Balaban J connectivity index is 1.53. The van der Waals surface area contributed by atoms with Crippen LogP contribution in [0.4, 0.5) is 0 Å². The van der Waals surface area contributed by atoms with Crippen molar-refractivity contribution in [1.29, 1.82) is 0 Å². The lowest BCUT2D eigenvalue weighted by Gasteiger charge is -2.39. The third-order valence-corrected chi connectivity index (χ3v) is 6.91. The zero-order chi connectivity index (χ0) is 21.1.